The maximum absolute atomic E-state index is 13.5. The van der Waals surface area contributed by atoms with Gasteiger partial charge in [0, 0.05) is 25.4 Å². The summed E-state index contributed by atoms with van der Waals surface area (Å²) in [4.78, 5) is 0.0674. The van der Waals surface area contributed by atoms with Gasteiger partial charge in [0.25, 0.3) is 0 Å². The van der Waals surface area contributed by atoms with Crippen LogP contribution in [-0.2, 0) is 4.74 Å². The standard InChI is InChI=1S/C13H19FN2OS/c1-2-8-17-9-4-7-16-11-6-3-5-10(14)12(11)13(15)18/h3,5-6,16H,2,4,7-9H2,1H3,(H2,15,18). The Morgan fingerprint density at radius 3 is 2.89 bits per heavy atom. The van der Waals surface area contributed by atoms with Crippen molar-refractivity contribution in [3.8, 4) is 0 Å². The van der Waals surface area contributed by atoms with E-state index in [0.717, 1.165) is 19.4 Å². The summed E-state index contributed by atoms with van der Waals surface area (Å²) >= 11 is 4.85. The minimum Gasteiger partial charge on any atom is -0.389 e. The summed E-state index contributed by atoms with van der Waals surface area (Å²) in [6.45, 7) is 4.24. The van der Waals surface area contributed by atoms with E-state index >= 15 is 0 Å². The molecule has 1 rings (SSSR count). The fraction of sp³-hybridized carbons (Fsp3) is 0.462. The number of rotatable bonds is 8. The first-order valence-electron chi connectivity index (χ1n) is 6.06. The van der Waals surface area contributed by atoms with Crippen LogP contribution in [0.1, 0.15) is 25.3 Å². The molecule has 0 fully saturated rings. The maximum Gasteiger partial charge on any atom is 0.135 e. The largest absolute Gasteiger partial charge is 0.389 e. The van der Waals surface area contributed by atoms with E-state index < -0.39 is 5.82 Å². The number of thiocarbonyl (C=S) groups is 1. The molecule has 0 spiro atoms. The molecule has 100 valence electrons. The van der Waals surface area contributed by atoms with Crippen LogP contribution in [0.2, 0.25) is 0 Å². The Balaban J connectivity index is 2.47. The summed E-state index contributed by atoms with van der Waals surface area (Å²) in [5.41, 5.74) is 6.43. The normalized spacial score (nSPS) is 10.3. The van der Waals surface area contributed by atoms with E-state index in [4.69, 9.17) is 22.7 Å². The summed E-state index contributed by atoms with van der Waals surface area (Å²) in [5, 5.41) is 3.12. The number of hydrogen-bond acceptors (Lipinski definition) is 3. The summed E-state index contributed by atoms with van der Waals surface area (Å²) in [6, 6.07) is 4.75. The first-order valence-corrected chi connectivity index (χ1v) is 6.47. The molecule has 18 heavy (non-hydrogen) atoms. The Bertz CT molecular complexity index is 399. The smallest absolute Gasteiger partial charge is 0.135 e. The highest BCUT2D eigenvalue weighted by Gasteiger charge is 2.10. The molecule has 0 amide bonds. The summed E-state index contributed by atoms with van der Waals surface area (Å²) in [6.07, 6.45) is 1.87. The van der Waals surface area contributed by atoms with Crippen molar-refractivity contribution in [2.45, 2.75) is 19.8 Å². The fourth-order valence-electron chi connectivity index (χ4n) is 1.57. The molecule has 0 aromatic heterocycles. The van der Waals surface area contributed by atoms with Crippen molar-refractivity contribution in [3.63, 3.8) is 0 Å². The average molecular weight is 270 g/mol. The lowest BCUT2D eigenvalue weighted by atomic mass is 10.1. The SMILES string of the molecule is CCCOCCCNc1cccc(F)c1C(N)=S. The van der Waals surface area contributed by atoms with Crippen LogP contribution in [-0.4, -0.2) is 24.7 Å². The zero-order valence-corrected chi connectivity index (χ0v) is 11.4. The van der Waals surface area contributed by atoms with Crippen LogP contribution < -0.4 is 11.1 Å². The van der Waals surface area contributed by atoms with Crippen LogP contribution in [0.4, 0.5) is 10.1 Å². The van der Waals surface area contributed by atoms with Crippen LogP contribution in [0.15, 0.2) is 18.2 Å². The molecule has 0 radical (unpaired) electrons. The van der Waals surface area contributed by atoms with Crippen molar-refractivity contribution in [2.24, 2.45) is 5.73 Å². The first kappa shape index (κ1) is 14.9. The minimum atomic E-state index is -0.394. The van der Waals surface area contributed by atoms with Crippen molar-refractivity contribution >= 4 is 22.9 Å². The molecule has 0 saturated carbocycles. The van der Waals surface area contributed by atoms with Crippen LogP contribution >= 0.6 is 12.2 Å². The topological polar surface area (TPSA) is 47.3 Å². The Labute approximate surface area is 113 Å². The number of benzene rings is 1. The first-order chi connectivity index (χ1) is 8.66. The molecule has 1 aromatic rings. The van der Waals surface area contributed by atoms with Gasteiger partial charge in [-0.2, -0.15) is 0 Å². The Morgan fingerprint density at radius 2 is 2.22 bits per heavy atom. The van der Waals surface area contributed by atoms with Gasteiger partial charge in [0.2, 0.25) is 0 Å². The molecule has 3 N–H and O–H groups in total. The Morgan fingerprint density at radius 1 is 1.44 bits per heavy atom. The molecule has 0 unspecified atom stereocenters. The molecule has 5 heteroatoms. The number of ether oxygens (including phenoxy) is 1. The Kier molecular flexibility index (Phi) is 6.60. The van der Waals surface area contributed by atoms with Gasteiger partial charge < -0.3 is 15.8 Å². The average Bonchev–Trinajstić information content (AvgIpc) is 2.33. The predicted octanol–water partition coefficient (Wildman–Crippen LogP) is 2.69. The Hall–Kier alpha value is -1.20. The van der Waals surface area contributed by atoms with Crippen molar-refractivity contribution in [1.82, 2.24) is 0 Å². The van der Waals surface area contributed by atoms with E-state index in [0.29, 0.717) is 18.8 Å². The van der Waals surface area contributed by atoms with E-state index in [9.17, 15) is 4.39 Å². The molecule has 1 aromatic carbocycles. The lowest BCUT2D eigenvalue weighted by Gasteiger charge is -2.11. The van der Waals surface area contributed by atoms with Crippen molar-refractivity contribution in [3.05, 3.63) is 29.6 Å². The molecule has 0 aliphatic heterocycles. The second-order valence-corrected chi connectivity index (χ2v) is 4.36. The van der Waals surface area contributed by atoms with Gasteiger partial charge in [-0.25, -0.2) is 4.39 Å². The van der Waals surface area contributed by atoms with Crippen LogP contribution in [0.5, 0.6) is 0 Å². The minimum absolute atomic E-state index is 0.0674. The third kappa shape index (κ3) is 4.58. The molecule has 0 bridgehead atoms. The third-order valence-electron chi connectivity index (χ3n) is 2.39. The highest BCUT2D eigenvalue weighted by Crippen LogP contribution is 2.18. The van der Waals surface area contributed by atoms with E-state index in [-0.39, 0.29) is 10.6 Å². The highest BCUT2D eigenvalue weighted by molar-refractivity contribution is 7.80. The van der Waals surface area contributed by atoms with E-state index in [1.807, 2.05) is 0 Å². The van der Waals surface area contributed by atoms with Gasteiger partial charge in [-0.05, 0) is 25.0 Å². The zero-order valence-electron chi connectivity index (χ0n) is 10.5. The zero-order chi connectivity index (χ0) is 13.4. The number of nitrogens with two attached hydrogens (primary N) is 1. The lowest BCUT2D eigenvalue weighted by Crippen LogP contribution is -2.16. The van der Waals surface area contributed by atoms with Gasteiger partial charge in [0.1, 0.15) is 10.8 Å². The molecule has 3 nitrogen and oxygen atoms in total. The lowest BCUT2D eigenvalue weighted by molar-refractivity contribution is 0.134. The van der Waals surface area contributed by atoms with Crippen LogP contribution in [0, 0.1) is 5.82 Å². The molecular weight excluding hydrogens is 251 g/mol. The molecule has 0 aliphatic carbocycles. The number of anilines is 1. The van der Waals surface area contributed by atoms with Crippen LogP contribution in [0.25, 0.3) is 0 Å². The third-order valence-corrected chi connectivity index (χ3v) is 2.59. The molecule has 0 atom stereocenters. The molecule has 0 saturated heterocycles. The van der Waals surface area contributed by atoms with Crippen molar-refractivity contribution in [1.29, 1.82) is 0 Å². The maximum atomic E-state index is 13.5. The van der Waals surface area contributed by atoms with E-state index in [1.165, 1.54) is 6.07 Å². The van der Waals surface area contributed by atoms with Gasteiger partial charge in [-0.3, -0.25) is 0 Å². The summed E-state index contributed by atoms with van der Waals surface area (Å²) in [7, 11) is 0. The number of hydrogen-bond donors (Lipinski definition) is 2. The van der Waals surface area contributed by atoms with Gasteiger partial charge >= 0.3 is 0 Å². The molecule has 0 aliphatic rings. The molecule has 0 heterocycles. The number of nitrogens with one attached hydrogen (secondary N) is 1. The fourth-order valence-corrected chi connectivity index (χ4v) is 1.77. The van der Waals surface area contributed by atoms with Crippen molar-refractivity contribution in [2.75, 3.05) is 25.1 Å². The van der Waals surface area contributed by atoms with Gasteiger partial charge in [-0.15, -0.1) is 0 Å². The summed E-state index contributed by atoms with van der Waals surface area (Å²) in [5.74, 6) is -0.394. The van der Waals surface area contributed by atoms with Gasteiger partial charge in [-0.1, -0.05) is 25.2 Å². The monoisotopic (exact) mass is 270 g/mol. The number of halogens is 1. The van der Waals surface area contributed by atoms with Gasteiger partial charge in [0.15, 0.2) is 0 Å². The van der Waals surface area contributed by atoms with Crippen molar-refractivity contribution < 1.29 is 9.13 Å². The van der Waals surface area contributed by atoms with E-state index in [2.05, 4.69) is 12.2 Å². The highest BCUT2D eigenvalue weighted by atomic mass is 32.1. The predicted molar refractivity (Wildman–Crippen MR) is 76.5 cm³/mol. The van der Waals surface area contributed by atoms with Crippen LogP contribution in [0.3, 0.4) is 0 Å². The van der Waals surface area contributed by atoms with E-state index in [1.54, 1.807) is 12.1 Å². The van der Waals surface area contributed by atoms with Gasteiger partial charge in [0.05, 0.1) is 5.56 Å². The summed E-state index contributed by atoms with van der Waals surface area (Å²) < 4.78 is 18.9. The molecular formula is C13H19FN2OS. The quantitative estimate of drug-likeness (QED) is 0.563. The second-order valence-electron chi connectivity index (χ2n) is 3.92. The second kappa shape index (κ2) is 8.00.